The Morgan fingerprint density at radius 1 is 1.14 bits per heavy atom. The van der Waals surface area contributed by atoms with Gasteiger partial charge in [0.15, 0.2) is 0 Å². The molecule has 2 aromatic rings. The molecule has 1 fully saturated rings. The van der Waals surface area contributed by atoms with Crippen molar-refractivity contribution in [2.45, 2.75) is 40.2 Å². The van der Waals surface area contributed by atoms with Gasteiger partial charge in [-0.1, -0.05) is 61.9 Å². The summed E-state index contributed by atoms with van der Waals surface area (Å²) < 4.78 is 14.2. The summed E-state index contributed by atoms with van der Waals surface area (Å²) in [5.41, 5.74) is 3.29. The van der Waals surface area contributed by atoms with E-state index in [-0.39, 0.29) is 11.7 Å². The molecule has 2 unspecified atom stereocenters. The summed E-state index contributed by atoms with van der Waals surface area (Å²) in [5, 5.41) is 0. The van der Waals surface area contributed by atoms with Crippen LogP contribution in [0.2, 0.25) is 0 Å². The van der Waals surface area contributed by atoms with Gasteiger partial charge in [-0.25, -0.2) is 4.39 Å². The van der Waals surface area contributed by atoms with Gasteiger partial charge in [0.25, 0.3) is 0 Å². The van der Waals surface area contributed by atoms with Crippen LogP contribution in [-0.4, -0.2) is 41.9 Å². The molecule has 3 rings (SSSR count). The van der Waals surface area contributed by atoms with Crippen LogP contribution in [0.1, 0.15) is 43.4 Å². The molecule has 1 saturated heterocycles. The minimum Gasteiger partial charge on any atom is -0.342 e. The molecule has 0 bridgehead atoms. The van der Waals surface area contributed by atoms with Crippen molar-refractivity contribution in [1.29, 1.82) is 0 Å². The summed E-state index contributed by atoms with van der Waals surface area (Å²) in [6, 6.07) is 15.7. The normalized spacial score (nSPS) is 19.7. The number of hydrogen-bond acceptors (Lipinski definition) is 2. The molecule has 156 valence electrons. The maximum Gasteiger partial charge on any atom is 0.219 e. The Balaban J connectivity index is 1.81. The van der Waals surface area contributed by atoms with Crippen LogP contribution in [0.4, 0.5) is 4.39 Å². The molecular formula is C25H33FN2O. The third kappa shape index (κ3) is 5.66. The van der Waals surface area contributed by atoms with Crippen molar-refractivity contribution >= 4 is 5.91 Å². The quantitative estimate of drug-likeness (QED) is 0.668. The Morgan fingerprint density at radius 2 is 1.83 bits per heavy atom. The maximum absolute atomic E-state index is 14.2. The molecule has 0 spiro atoms. The van der Waals surface area contributed by atoms with Gasteiger partial charge in [0, 0.05) is 51.1 Å². The van der Waals surface area contributed by atoms with E-state index in [1.54, 1.807) is 13.0 Å². The number of hydrogen-bond donors (Lipinski definition) is 0. The average molecular weight is 397 g/mol. The maximum atomic E-state index is 14.2. The van der Waals surface area contributed by atoms with Crippen LogP contribution in [0.25, 0.3) is 0 Å². The average Bonchev–Trinajstić information content (AvgIpc) is 3.05. The van der Waals surface area contributed by atoms with Crippen molar-refractivity contribution in [3.05, 3.63) is 71.0 Å². The number of nitrogens with zero attached hydrogens (tertiary/aromatic N) is 2. The third-order valence-electron chi connectivity index (χ3n) is 5.86. The van der Waals surface area contributed by atoms with Gasteiger partial charge in [0.1, 0.15) is 5.82 Å². The molecule has 1 aliphatic heterocycles. The van der Waals surface area contributed by atoms with Crippen LogP contribution < -0.4 is 0 Å². The van der Waals surface area contributed by atoms with E-state index in [2.05, 4.69) is 49.9 Å². The fourth-order valence-corrected chi connectivity index (χ4v) is 4.39. The lowest BCUT2D eigenvalue weighted by Gasteiger charge is -2.29. The van der Waals surface area contributed by atoms with E-state index < -0.39 is 0 Å². The number of amides is 1. The molecule has 2 aromatic carbocycles. The summed E-state index contributed by atoms with van der Waals surface area (Å²) in [7, 11) is 0. The summed E-state index contributed by atoms with van der Waals surface area (Å²) in [6.07, 6.45) is 0. The molecule has 2 atom stereocenters. The first-order chi connectivity index (χ1) is 13.8. The number of aryl methyl sites for hydroxylation is 1. The largest absolute Gasteiger partial charge is 0.342 e. The van der Waals surface area contributed by atoms with Gasteiger partial charge in [-0.2, -0.15) is 0 Å². The third-order valence-corrected chi connectivity index (χ3v) is 5.86. The number of likely N-dealkylation sites (tertiary alicyclic amines) is 1. The first-order valence-corrected chi connectivity index (χ1v) is 10.6. The van der Waals surface area contributed by atoms with Crippen LogP contribution in [0.15, 0.2) is 48.5 Å². The van der Waals surface area contributed by atoms with Gasteiger partial charge < -0.3 is 4.90 Å². The van der Waals surface area contributed by atoms with E-state index in [4.69, 9.17) is 0 Å². The Hall–Kier alpha value is -2.20. The Morgan fingerprint density at radius 3 is 2.45 bits per heavy atom. The molecule has 0 radical (unpaired) electrons. The lowest BCUT2D eigenvalue weighted by molar-refractivity contribution is -0.130. The Kier molecular flexibility index (Phi) is 7.07. The van der Waals surface area contributed by atoms with E-state index in [9.17, 15) is 9.18 Å². The lowest BCUT2D eigenvalue weighted by atomic mass is 9.88. The molecule has 0 saturated carbocycles. The fraction of sp³-hybridized carbons (Fsp3) is 0.480. The zero-order chi connectivity index (χ0) is 21.0. The molecule has 0 aromatic heterocycles. The second-order valence-electron chi connectivity index (χ2n) is 8.88. The number of carbonyl (C=O) groups excluding carboxylic acids is 1. The van der Waals surface area contributed by atoms with Crippen LogP contribution >= 0.6 is 0 Å². The summed E-state index contributed by atoms with van der Waals surface area (Å²) in [4.78, 5) is 16.6. The summed E-state index contributed by atoms with van der Waals surface area (Å²) in [5.74, 6) is 1.11. The first kappa shape index (κ1) is 21.5. The highest BCUT2D eigenvalue weighted by Gasteiger charge is 2.35. The number of halogens is 1. The van der Waals surface area contributed by atoms with Crippen molar-refractivity contribution in [2.24, 2.45) is 11.8 Å². The summed E-state index contributed by atoms with van der Waals surface area (Å²) >= 11 is 0. The standard InChI is InChI=1S/C25H33FN2O/c1-18(2)13-28(20(4)29)16-23-15-27(14-22-7-5-6-8-25(22)26)17-24(23)21-11-9-19(3)10-12-21/h5-12,18,23-24H,13-17H2,1-4H3. The zero-order valence-corrected chi connectivity index (χ0v) is 18.1. The van der Waals surface area contributed by atoms with Crippen LogP contribution in [-0.2, 0) is 11.3 Å². The predicted molar refractivity (Wildman–Crippen MR) is 116 cm³/mol. The highest BCUT2D eigenvalue weighted by Crippen LogP contribution is 2.34. The molecule has 0 N–H and O–H groups in total. The van der Waals surface area contributed by atoms with E-state index in [0.717, 1.165) is 31.7 Å². The molecule has 1 heterocycles. The van der Waals surface area contributed by atoms with Crippen molar-refractivity contribution in [2.75, 3.05) is 26.2 Å². The minimum absolute atomic E-state index is 0.133. The van der Waals surface area contributed by atoms with Crippen molar-refractivity contribution < 1.29 is 9.18 Å². The van der Waals surface area contributed by atoms with E-state index >= 15 is 0 Å². The molecule has 1 aliphatic rings. The second-order valence-corrected chi connectivity index (χ2v) is 8.88. The van der Waals surface area contributed by atoms with Crippen LogP contribution in [0.5, 0.6) is 0 Å². The van der Waals surface area contributed by atoms with Crippen molar-refractivity contribution in [3.8, 4) is 0 Å². The van der Waals surface area contributed by atoms with Crippen molar-refractivity contribution in [3.63, 3.8) is 0 Å². The summed E-state index contributed by atoms with van der Waals surface area (Å²) in [6.45, 7) is 11.9. The molecule has 1 amide bonds. The molecule has 3 nitrogen and oxygen atoms in total. The Bertz CT molecular complexity index is 818. The first-order valence-electron chi connectivity index (χ1n) is 10.6. The van der Waals surface area contributed by atoms with Gasteiger partial charge in [0.05, 0.1) is 0 Å². The zero-order valence-electron chi connectivity index (χ0n) is 18.1. The van der Waals surface area contributed by atoms with Gasteiger partial charge in [0.2, 0.25) is 5.91 Å². The molecular weight excluding hydrogens is 363 g/mol. The SMILES string of the molecule is CC(=O)N(CC(C)C)CC1CN(Cc2ccccc2F)CC1c1ccc(C)cc1. The van der Waals surface area contributed by atoms with E-state index in [1.807, 2.05) is 17.0 Å². The van der Waals surface area contributed by atoms with Gasteiger partial charge in [-0.3, -0.25) is 9.69 Å². The van der Waals surface area contributed by atoms with Crippen LogP contribution in [0, 0.1) is 24.6 Å². The van der Waals surface area contributed by atoms with Crippen LogP contribution in [0.3, 0.4) is 0 Å². The van der Waals surface area contributed by atoms with Gasteiger partial charge in [-0.15, -0.1) is 0 Å². The topological polar surface area (TPSA) is 23.6 Å². The number of rotatable bonds is 7. The van der Waals surface area contributed by atoms with E-state index in [1.165, 1.54) is 17.2 Å². The monoisotopic (exact) mass is 396 g/mol. The lowest BCUT2D eigenvalue weighted by Crippen LogP contribution is -2.38. The highest BCUT2D eigenvalue weighted by atomic mass is 19.1. The fourth-order valence-electron chi connectivity index (χ4n) is 4.39. The number of benzene rings is 2. The van der Waals surface area contributed by atoms with E-state index in [0.29, 0.717) is 24.3 Å². The minimum atomic E-state index is -0.145. The number of carbonyl (C=O) groups is 1. The van der Waals surface area contributed by atoms with Gasteiger partial charge in [-0.05, 0) is 30.4 Å². The Labute approximate surface area is 174 Å². The van der Waals surface area contributed by atoms with Gasteiger partial charge >= 0.3 is 0 Å². The molecule has 4 heteroatoms. The molecule has 0 aliphatic carbocycles. The van der Waals surface area contributed by atoms with Crippen molar-refractivity contribution in [1.82, 2.24) is 9.80 Å². The second kappa shape index (κ2) is 9.53. The smallest absolute Gasteiger partial charge is 0.219 e. The highest BCUT2D eigenvalue weighted by molar-refractivity contribution is 5.73. The molecule has 29 heavy (non-hydrogen) atoms. The predicted octanol–water partition coefficient (Wildman–Crippen LogP) is 4.85.